The first kappa shape index (κ1) is 16.3. The van der Waals surface area contributed by atoms with Crippen LogP contribution in [0.1, 0.15) is 64.7 Å². The number of nitrogens with one attached hydrogen (secondary N) is 1. The van der Waals surface area contributed by atoms with Crippen molar-refractivity contribution < 1.29 is 5.11 Å². The molecule has 3 nitrogen and oxygen atoms in total. The highest BCUT2D eigenvalue weighted by Crippen LogP contribution is 2.37. The van der Waals surface area contributed by atoms with E-state index in [0.717, 1.165) is 6.54 Å². The van der Waals surface area contributed by atoms with Crippen LogP contribution in [0.25, 0.3) is 0 Å². The molecule has 118 valence electrons. The van der Waals surface area contributed by atoms with Gasteiger partial charge in [0, 0.05) is 19.1 Å². The van der Waals surface area contributed by atoms with Crippen LogP contribution in [0.2, 0.25) is 0 Å². The minimum Gasteiger partial charge on any atom is -0.395 e. The summed E-state index contributed by atoms with van der Waals surface area (Å²) in [5, 5.41) is 13.3. The molecule has 1 atom stereocenters. The summed E-state index contributed by atoms with van der Waals surface area (Å²) in [4.78, 5) is 2.58. The highest BCUT2D eigenvalue weighted by atomic mass is 16.3. The number of hydrogen-bond donors (Lipinski definition) is 2. The number of aliphatic hydroxyl groups excluding tert-OH is 1. The Bertz CT molecular complexity index is 262. The third kappa shape index (κ3) is 4.44. The van der Waals surface area contributed by atoms with Gasteiger partial charge >= 0.3 is 0 Å². The number of rotatable bonds is 7. The third-order valence-corrected chi connectivity index (χ3v) is 5.34. The molecule has 0 aromatic rings. The molecular weight excluding hydrogens is 248 g/mol. The Kier molecular flexibility index (Phi) is 6.79. The summed E-state index contributed by atoms with van der Waals surface area (Å²) in [5.74, 6) is 0. The Labute approximate surface area is 125 Å². The molecule has 0 aromatic carbocycles. The molecule has 1 saturated heterocycles. The van der Waals surface area contributed by atoms with Crippen molar-refractivity contribution in [1.82, 2.24) is 10.2 Å². The van der Waals surface area contributed by atoms with E-state index in [1.165, 1.54) is 77.4 Å². The Balaban J connectivity index is 1.96. The number of aliphatic hydroxyl groups is 1. The standard InChI is InChI=1S/C17H34N2O/c1-2-11-18-14-17(9-5-3-4-6-10-17)15-19-12-7-8-16(19)13-20/h16,18,20H,2-15H2,1H3. The van der Waals surface area contributed by atoms with E-state index in [-0.39, 0.29) is 0 Å². The summed E-state index contributed by atoms with van der Waals surface area (Å²) in [7, 11) is 0. The van der Waals surface area contributed by atoms with Crippen molar-refractivity contribution >= 4 is 0 Å². The molecule has 2 fully saturated rings. The van der Waals surface area contributed by atoms with E-state index in [1.54, 1.807) is 0 Å². The number of likely N-dealkylation sites (tertiary alicyclic amines) is 1. The third-order valence-electron chi connectivity index (χ3n) is 5.34. The molecule has 2 N–H and O–H groups in total. The van der Waals surface area contributed by atoms with Gasteiger partial charge in [0.25, 0.3) is 0 Å². The van der Waals surface area contributed by atoms with Crippen LogP contribution >= 0.6 is 0 Å². The van der Waals surface area contributed by atoms with E-state index < -0.39 is 0 Å². The average Bonchev–Trinajstić information content (AvgIpc) is 2.77. The van der Waals surface area contributed by atoms with Gasteiger partial charge in [0.15, 0.2) is 0 Å². The lowest BCUT2D eigenvalue weighted by Gasteiger charge is -2.39. The molecule has 1 saturated carbocycles. The fourth-order valence-electron chi connectivity index (χ4n) is 4.14. The highest BCUT2D eigenvalue weighted by molar-refractivity contribution is 4.90. The quantitative estimate of drug-likeness (QED) is 0.557. The average molecular weight is 282 g/mol. The van der Waals surface area contributed by atoms with Gasteiger partial charge in [-0.25, -0.2) is 0 Å². The van der Waals surface area contributed by atoms with Crippen LogP contribution in [-0.4, -0.2) is 48.8 Å². The van der Waals surface area contributed by atoms with Gasteiger partial charge in [0.05, 0.1) is 6.61 Å². The SMILES string of the molecule is CCCNCC1(CN2CCCC2CO)CCCCCC1. The monoisotopic (exact) mass is 282 g/mol. The van der Waals surface area contributed by atoms with Crippen LogP contribution in [0.15, 0.2) is 0 Å². The van der Waals surface area contributed by atoms with Crippen LogP contribution < -0.4 is 5.32 Å². The summed E-state index contributed by atoms with van der Waals surface area (Å²) in [6.45, 7) is 7.31. The maximum absolute atomic E-state index is 9.56. The molecule has 1 aliphatic heterocycles. The molecule has 0 bridgehead atoms. The van der Waals surface area contributed by atoms with Gasteiger partial charge in [0.1, 0.15) is 0 Å². The smallest absolute Gasteiger partial charge is 0.0586 e. The second-order valence-electron chi connectivity index (χ2n) is 7.04. The minimum atomic E-state index is 0.346. The summed E-state index contributed by atoms with van der Waals surface area (Å²) >= 11 is 0. The molecule has 0 amide bonds. The van der Waals surface area contributed by atoms with Crippen LogP contribution in [0, 0.1) is 5.41 Å². The van der Waals surface area contributed by atoms with E-state index in [9.17, 15) is 5.11 Å². The normalized spacial score (nSPS) is 27.6. The molecule has 1 aliphatic carbocycles. The van der Waals surface area contributed by atoms with Gasteiger partial charge in [-0.15, -0.1) is 0 Å². The highest BCUT2D eigenvalue weighted by Gasteiger charge is 2.36. The molecule has 2 rings (SSSR count). The van der Waals surface area contributed by atoms with Crippen molar-refractivity contribution in [3.63, 3.8) is 0 Å². The van der Waals surface area contributed by atoms with Gasteiger partial charge in [-0.2, -0.15) is 0 Å². The lowest BCUT2D eigenvalue weighted by Crippen LogP contribution is -2.46. The molecule has 1 heterocycles. The maximum atomic E-state index is 9.56. The molecule has 0 aromatic heterocycles. The lowest BCUT2D eigenvalue weighted by molar-refractivity contribution is 0.0893. The molecule has 1 unspecified atom stereocenters. The van der Waals surface area contributed by atoms with Crippen molar-refractivity contribution in [3.05, 3.63) is 0 Å². The Hall–Kier alpha value is -0.120. The van der Waals surface area contributed by atoms with E-state index >= 15 is 0 Å². The zero-order valence-electron chi connectivity index (χ0n) is 13.4. The summed E-state index contributed by atoms with van der Waals surface area (Å²) in [6, 6.07) is 0.432. The van der Waals surface area contributed by atoms with Crippen LogP contribution in [0.5, 0.6) is 0 Å². The second kappa shape index (κ2) is 8.35. The van der Waals surface area contributed by atoms with Crippen molar-refractivity contribution in [2.75, 3.05) is 32.8 Å². The Morgan fingerprint density at radius 2 is 1.90 bits per heavy atom. The topological polar surface area (TPSA) is 35.5 Å². The zero-order chi connectivity index (χ0) is 14.3. The van der Waals surface area contributed by atoms with Crippen molar-refractivity contribution in [3.8, 4) is 0 Å². The Morgan fingerprint density at radius 1 is 1.15 bits per heavy atom. The molecule has 20 heavy (non-hydrogen) atoms. The molecule has 3 heteroatoms. The fourth-order valence-corrected chi connectivity index (χ4v) is 4.14. The second-order valence-corrected chi connectivity index (χ2v) is 7.04. The molecule has 0 radical (unpaired) electrons. The summed E-state index contributed by atoms with van der Waals surface area (Å²) in [5.41, 5.74) is 0.462. The van der Waals surface area contributed by atoms with Gasteiger partial charge in [-0.1, -0.05) is 32.6 Å². The first-order valence-electron chi connectivity index (χ1n) is 8.85. The first-order valence-corrected chi connectivity index (χ1v) is 8.85. The fraction of sp³-hybridized carbons (Fsp3) is 1.00. The van der Waals surface area contributed by atoms with Crippen LogP contribution in [-0.2, 0) is 0 Å². The lowest BCUT2D eigenvalue weighted by atomic mass is 9.79. The number of hydrogen-bond acceptors (Lipinski definition) is 3. The zero-order valence-corrected chi connectivity index (χ0v) is 13.4. The van der Waals surface area contributed by atoms with E-state index in [4.69, 9.17) is 0 Å². The van der Waals surface area contributed by atoms with Crippen molar-refractivity contribution in [1.29, 1.82) is 0 Å². The largest absolute Gasteiger partial charge is 0.395 e. The van der Waals surface area contributed by atoms with E-state index in [0.29, 0.717) is 18.1 Å². The van der Waals surface area contributed by atoms with Crippen molar-refractivity contribution in [2.45, 2.75) is 70.8 Å². The summed E-state index contributed by atoms with van der Waals surface area (Å²) in [6.07, 6.45) is 12.0. The van der Waals surface area contributed by atoms with E-state index in [2.05, 4.69) is 17.1 Å². The van der Waals surface area contributed by atoms with Crippen LogP contribution in [0.3, 0.4) is 0 Å². The maximum Gasteiger partial charge on any atom is 0.0586 e. The van der Waals surface area contributed by atoms with Crippen molar-refractivity contribution in [2.24, 2.45) is 5.41 Å². The van der Waals surface area contributed by atoms with E-state index in [1.807, 2.05) is 0 Å². The van der Waals surface area contributed by atoms with Gasteiger partial charge in [-0.3, -0.25) is 4.90 Å². The van der Waals surface area contributed by atoms with Gasteiger partial charge in [-0.05, 0) is 50.6 Å². The number of nitrogens with zero attached hydrogens (tertiary/aromatic N) is 1. The molecule has 2 aliphatic rings. The predicted octanol–water partition coefficient (Wildman–Crippen LogP) is 2.78. The Morgan fingerprint density at radius 3 is 2.55 bits per heavy atom. The predicted molar refractivity (Wildman–Crippen MR) is 85.0 cm³/mol. The van der Waals surface area contributed by atoms with Gasteiger partial charge in [0.2, 0.25) is 0 Å². The molecule has 0 spiro atoms. The first-order chi connectivity index (χ1) is 9.79. The molecular formula is C17H34N2O. The minimum absolute atomic E-state index is 0.346. The summed E-state index contributed by atoms with van der Waals surface area (Å²) < 4.78 is 0. The van der Waals surface area contributed by atoms with Crippen LogP contribution in [0.4, 0.5) is 0 Å². The van der Waals surface area contributed by atoms with Gasteiger partial charge < -0.3 is 10.4 Å².